The van der Waals surface area contributed by atoms with Crippen LogP contribution < -0.4 is 0 Å². The summed E-state index contributed by atoms with van der Waals surface area (Å²) in [6.07, 6.45) is 0. The van der Waals surface area contributed by atoms with Crippen molar-refractivity contribution >= 4 is 0 Å². The highest BCUT2D eigenvalue weighted by Crippen LogP contribution is 2.23. The molecule has 1 aliphatic heterocycles. The molecule has 2 rings (SSSR count). The summed E-state index contributed by atoms with van der Waals surface area (Å²) in [6.45, 7) is 2.87. The maximum Gasteiger partial charge on any atom is 0.123 e. The molecule has 0 spiro atoms. The molecule has 1 fully saturated rings. The Hall–Kier alpha value is -0.970. The fourth-order valence-electron chi connectivity index (χ4n) is 2.03. The van der Waals surface area contributed by atoms with Crippen LogP contribution in [0.4, 0.5) is 4.39 Å². The maximum atomic E-state index is 12.8. The number of benzene rings is 1. The Kier molecular flexibility index (Phi) is 3.88. The molecule has 0 aromatic heterocycles. The van der Waals surface area contributed by atoms with E-state index in [9.17, 15) is 4.39 Å². The Morgan fingerprint density at radius 1 is 1.38 bits per heavy atom. The number of hydrogen-bond donors (Lipinski definition) is 1. The van der Waals surface area contributed by atoms with E-state index in [0.717, 1.165) is 12.1 Å². The monoisotopic (exact) mass is 225 g/mol. The Balaban J connectivity index is 2.13. The number of aliphatic hydroxyl groups is 1. The molecule has 0 aliphatic carbocycles. The Morgan fingerprint density at radius 2 is 2.12 bits per heavy atom. The zero-order chi connectivity index (χ0) is 11.4. The molecule has 16 heavy (non-hydrogen) atoms. The van der Waals surface area contributed by atoms with E-state index in [1.807, 2.05) is 0 Å². The van der Waals surface area contributed by atoms with Crippen LogP contribution in [-0.2, 0) is 4.74 Å². The molecule has 1 aliphatic rings. The largest absolute Gasteiger partial charge is 0.395 e. The molecule has 1 atom stereocenters. The molecule has 4 heteroatoms. The number of rotatable bonds is 3. The van der Waals surface area contributed by atoms with Crippen LogP contribution in [0, 0.1) is 5.82 Å². The van der Waals surface area contributed by atoms with E-state index < -0.39 is 0 Å². The highest BCUT2D eigenvalue weighted by atomic mass is 19.1. The lowest BCUT2D eigenvalue weighted by Gasteiger charge is -2.35. The van der Waals surface area contributed by atoms with E-state index in [2.05, 4.69) is 4.90 Å². The van der Waals surface area contributed by atoms with E-state index in [1.165, 1.54) is 12.1 Å². The molecular formula is C12H16FNO2. The van der Waals surface area contributed by atoms with Gasteiger partial charge in [0.25, 0.3) is 0 Å². The van der Waals surface area contributed by atoms with Crippen molar-refractivity contribution < 1.29 is 14.2 Å². The van der Waals surface area contributed by atoms with Crippen LogP contribution in [-0.4, -0.2) is 42.9 Å². The zero-order valence-electron chi connectivity index (χ0n) is 9.10. The van der Waals surface area contributed by atoms with Crippen LogP contribution in [0.3, 0.4) is 0 Å². The second kappa shape index (κ2) is 5.39. The zero-order valence-corrected chi connectivity index (χ0v) is 9.10. The summed E-state index contributed by atoms with van der Waals surface area (Å²) in [5, 5.41) is 8.98. The first kappa shape index (κ1) is 11.5. The van der Waals surface area contributed by atoms with Crippen molar-refractivity contribution in [2.75, 3.05) is 32.9 Å². The fraction of sp³-hybridized carbons (Fsp3) is 0.500. The van der Waals surface area contributed by atoms with Gasteiger partial charge in [0.05, 0.1) is 25.9 Å². The van der Waals surface area contributed by atoms with Gasteiger partial charge in [-0.15, -0.1) is 0 Å². The van der Waals surface area contributed by atoms with Crippen LogP contribution >= 0.6 is 0 Å². The molecule has 0 bridgehead atoms. The van der Waals surface area contributed by atoms with Crippen molar-refractivity contribution in [1.29, 1.82) is 0 Å². The minimum Gasteiger partial charge on any atom is -0.395 e. The Bertz CT molecular complexity index is 326. The van der Waals surface area contributed by atoms with Gasteiger partial charge in [-0.3, -0.25) is 4.90 Å². The van der Waals surface area contributed by atoms with Gasteiger partial charge in [-0.2, -0.15) is 0 Å². The number of hydrogen-bond acceptors (Lipinski definition) is 3. The molecule has 1 heterocycles. The quantitative estimate of drug-likeness (QED) is 0.838. The fourth-order valence-corrected chi connectivity index (χ4v) is 2.03. The summed E-state index contributed by atoms with van der Waals surface area (Å²) in [5.74, 6) is -0.228. The normalized spacial score (nSPS) is 22.2. The van der Waals surface area contributed by atoms with Crippen molar-refractivity contribution in [2.24, 2.45) is 0 Å². The molecule has 3 nitrogen and oxygen atoms in total. The standard InChI is InChI=1S/C12H16FNO2/c13-11-3-1-10(2-4-11)12-9-16-8-6-14(12)5-7-15/h1-4,12,15H,5-9H2/t12-/m0/s1. The van der Waals surface area contributed by atoms with Crippen LogP contribution in [0.5, 0.6) is 0 Å². The van der Waals surface area contributed by atoms with Gasteiger partial charge >= 0.3 is 0 Å². The molecule has 1 aromatic carbocycles. The molecule has 0 radical (unpaired) electrons. The topological polar surface area (TPSA) is 32.7 Å². The van der Waals surface area contributed by atoms with E-state index in [1.54, 1.807) is 12.1 Å². The third-order valence-electron chi connectivity index (χ3n) is 2.88. The molecule has 88 valence electrons. The SMILES string of the molecule is OCCN1CCOC[C@H]1c1ccc(F)cc1. The molecule has 1 N–H and O–H groups in total. The highest BCUT2D eigenvalue weighted by molar-refractivity contribution is 5.20. The molecule has 1 saturated heterocycles. The maximum absolute atomic E-state index is 12.8. The Labute approximate surface area is 94.4 Å². The predicted octanol–water partition coefficient (Wildman–Crippen LogP) is 1.19. The lowest BCUT2D eigenvalue weighted by atomic mass is 10.0. The van der Waals surface area contributed by atoms with Gasteiger partial charge in [0.2, 0.25) is 0 Å². The van der Waals surface area contributed by atoms with Crippen molar-refractivity contribution in [1.82, 2.24) is 4.90 Å². The second-order valence-corrected chi connectivity index (χ2v) is 3.90. The first-order valence-electron chi connectivity index (χ1n) is 5.49. The third-order valence-corrected chi connectivity index (χ3v) is 2.88. The van der Waals surface area contributed by atoms with Crippen LogP contribution in [0.15, 0.2) is 24.3 Å². The summed E-state index contributed by atoms with van der Waals surface area (Å²) < 4.78 is 18.2. The summed E-state index contributed by atoms with van der Waals surface area (Å²) in [4.78, 5) is 2.16. The van der Waals surface area contributed by atoms with Crippen LogP contribution in [0.25, 0.3) is 0 Å². The van der Waals surface area contributed by atoms with E-state index in [4.69, 9.17) is 9.84 Å². The minimum atomic E-state index is -0.228. The van der Waals surface area contributed by atoms with E-state index in [-0.39, 0.29) is 18.5 Å². The summed E-state index contributed by atoms with van der Waals surface area (Å²) in [7, 11) is 0. The first-order valence-corrected chi connectivity index (χ1v) is 5.49. The van der Waals surface area contributed by atoms with Crippen molar-refractivity contribution in [2.45, 2.75) is 6.04 Å². The van der Waals surface area contributed by atoms with Gasteiger partial charge in [0.15, 0.2) is 0 Å². The van der Waals surface area contributed by atoms with E-state index >= 15 is 0 Å². The van der Waals surface area contributed by atoms with Crippen molar-refractivity contribution in [3.05, 3.63) is 35.6 Å². The minimum absolute atomic E-state index is 0.126. The Morgan fingerprint density at radius 3 is 2.81 bits per heavy atom. The van der Waals surface area contributed by atoms with Crippen molar-refractivity contribution in [3.8, 4) is 0 Å². The number of nitrogens with zero attached hydrogens (tertiary/aromatic N) is 1. The number of β-amino-alcohol motifs (C(OH)–C–C–N with tert-alkyl or cyclic N) is 1. The molecule has 1 aromatic rings. The predicted molar refractivity (Wildman–Crippen MR) is 58.6 cm³/mol. The summed E-state index contributed by atoms with van der Waals surface area (Å²) in [6, 6.07) is 6.60. The van der Waals surface area contributed by atoms with Crippen molar-refractivity contribution in [3.63, 3.8) is 0 Å². The second-order valence-electron chi connectivity index (χ2n) is 3.90. The average Bonchev–Trinajstić information content (AvgIpc) is 2.32. The molecule has 0 saturated carbocycles. The van der Waals surface area contributed by atoms with Gasteiger partial charge in [0.1, 0.15) is 5.82 Å². The van der Waals surface area contributed by atoms with Gasteiger partial charge in [-0.05, 0) is 17.7 Å². The molecular weight excluding hydrogens is 209 g/mol. The van der Waals surface area contributed by atoms with Gasteiger partial charge in [0, 0.05) is 13.1 Å². The third kappa shape index (κ3) is 2.58. The van der Waals surface area contributed by atoms with Crippen LogP contribution in [0.1, 0.15) is 11.6 Å². The summed E-state index contributed by atoms with van der Waals surface area (Å²) >= 11 is 0. The highest BCUT2D eigenvalue weighted by Gasteiger charge is 2.23. The average molecular weight is 225 g/mol. The smallest absolute Gasteiger partial charge is 0.123 e. The van der Waals surface area contributed by atoms with Crippen LogP contribution in [0.2, 0.25) is 0 Å². The van der Waals surface area contributed by atoms with Gasteiger partial charge in [-0.25, -0.2) is 4.39 Å². The molecule has 0 amide bonds. The van der Waals surface area contributed by atoms with Gasteiger partial charge in [-0.1, -0.05) is 12.1 Å². The number of halogens is 1. The lowest BCUT2D eigenvalue weighted by Crippen LogP contribution is -2.40. The summed E-state index contributed by atoms with van der Waals surface area (Å²) in [5.41, 5.74) is 1.04. The number of morpholine rings is 1. The van der Waals surface area contributed by atoms with E-state index in [0.29, 0.717) is 19.8 Å². The molecule has 0 unspecified atom stereocenters. The number of aliphatic hydroxyl groups excluding tert-OH is 1. The first-order chi connectivity index (χ1) is 7.81. The van der Waals surface area contributed by atoms with Gasteiger partial charge < -0.3 is 9.84 Å². The number of ether oxygens (including phenoxy) is 1. The lowest BCUT2D eigenvalue weighted by molar-refractivity contribution is -0.0146.